The van der Waals surface area contributed by atoms with Gasteiger partial charge in [0.1, 0.15) is 0 Å². The Bertz CT molecular complexity index is 268. The van der Waals surface area contributed by atoms with E-state index in [2.05, 4.69) is 18.9 Å². The number of aryl methyl sites for hydroxylation is 1. The molecule has 0 aliphatic carbocycles. The summed E-state index contributed by atoms with van der Waals surface area (Å²) in [6.07, 6.45) is 4.53. The minimum Gasteiger partial charge on any atom is -0.393 e. The van der Waals surface area contributed by atoms with Crippen LogP contribution in [0, 0.1) is 0 Å². The van der Waals surface area contributed by atoms with E-state index < -0.39 is 0 Å². The lowest BCUT2D eigenvalue weighted by Crippen LogP contribution is -2.06. The van der Waals surface area contributed by atoms with Gasteiger partial charge in [-0.2, -0.15) is 5.10 Å². The molecule has 0 aliphatic heterocycles. The average molecular weight is 196 g/mol. The molecule has 0 aliphatic rings. The second-order valence-electron chi connectivity index (χ2n) is 3.93. The Hall–Kier alpha value is -0.830. The number of rotatable bonds is 5. The van der Waals surface area contributed by atoms with Gasteiger partial charge in [0.2, 0.25) is 0 Å². The third kappa shape index (κ3) is 3.14. The summed E-state index contributed by atoms with van der Waals surface area (Å²) < 4.78 is 2.00. The Morgan fingerprint density at radius 2 is 2.21 bits per heavy atom. The van der Waals surface area contributed by atoms with E-state index in [1.807, 2.05) is 23.9 Å². The van der Waals surface area contributed by atoms with Crippen LogP contribution >= 0.6 is 0 Å². The van der Waals surface area contributed by atoms with E-state index >= 15 is 0 Å². The fourth-order valence-electron chi connectivity index (χ4n) is 1.30. The smallest absolute Gasteiger partial charge is 0.0625 e. The number of aliphatic hydroxyl groups excluding tert-OH is 1. The zero-order valence-corrected chi connectivity index (χ0v) is 9.27. The van der Waals surface area contributed by atoms with Crippen molar-refractivity contribution in [3.05, 3.63) is 18.0 Å². The number of nitrogens with zero attached hydrogens (tertiary/aromatic N) is 2. The monoisotopic (exact) mass is 196 g/mol. The van der Waals surface area contributed by atoms with Crippen LogP contribution in [0.3, 0.4) is 0 Å². The highest BCUT2D eigenvalue weighted by molar-refractivity contribution is 4.99. The lowest BCUT2D eigenvalue weighted by atomic mass is 10.2. The Morgan fingerprint density at radius 1 is 1.50 bits per heavy atom. The highest BCUT2D eigenvalue weighted by atomic mass is 16.3. The lowest BCUT2D eigenvalue weighted by molar-refractivity contribution is 0.184. The van der Waals surface area contributed by atoms with Gasteiger partial charge in [-0.1, -0.05) is 6.92 Å². The molecule has 14 heavy (non-hydrogen) atoms. The van der Waals surface area contributed by atoms with Crippen molar-refractivity contribution in [1.82, 2.24) is 9.78 Å². The molecule has 0 saturated heterocycles. The summed E-state index contributed by atoms with van der Waals surface area (Å²) in [6.45, 7) is 6.12. The second kappa shape index (κ2) is 5.15. The molecule has 1 N–H and O–H groups in total. The van der Waals surface area contributed by atoms with Gasteiger partial charge < -0.3 is 5.11 Å². The molecule has 0 saturated carbocycles. The summed E-state index contributed by atoms with van der Waals surface area (Å²) in [5.74, 6) is 0. The van der Waals surface area contributed by atoms with Crippen LogP contribution in [-0.4, -0.2) is 21.0 Å². The Morgan fingerprint density at radius 3 is 2.79 bits per heavy atom. The number of hydrogen-bond donors (Lipinski definition) is 1. The summed E-state index contributed by atoms with van der Waals surface area (Å²) in [5.41, 5.74) is 1.08. The highest BCUT2D eigenvalue weighted by Gasteiger charge is 2.05. The van der Waals surface area contributed by atoms with E-state index in [1.54, 1.807) is 0 Å². The van der Waals surface area contributed by atoms with Crippen LogP contribution in [0.15, 0.2) is 12.3 Å². The molecule has 1 aromatic heterocycles. The van der Waals surface area contributed by atoms with Crippen molar-refractivity contribution in [3.8, 4) is 0 Å². The quantitative estimate of drug-likeness (QED) is 0.783. The molecule has 0 radical (unpaired) electrons. The van der Waals surface area contributed by atoms with Crippen molar-refractivity contribution in [3.63, 3.8) is 0 Å². The Kier molecular flexibility index (Phi) is 4.14. The highest BCUT2D eigenvalue weighted by Crippen LogP contribution is 2.10. The largest absolute Gasteiger partial charge is 0.393 e. The molecule has 0 aromatic carbocycles. The normalized spacial score (nSPS) is 15.4. The summed E-state index contributed by atoms with van der Waals surface area (Å²) in [6, 6.07) is 2.50. The maximum Gasteiger partial charge on any atom is 0.0625 e. The number of aromatic nitrogens is 2. The van der Waals surface area contributed by atoms with E-state index in [0.717, 1.165) is 25.0 Å². The predicted octanol–water partition coefficient (Wildman–Crippen LogP) is 2.17. The maximum atomic E-state index is 9.14. The summed E-state index contributed by atoms with van der Waals surface area (Å²) in [7, 11) is 0. The van der Waals surface area contributed by atoms with Crippen molar-refractivity contribution < 1.29 is 5.11 Å². The molecular weight excluding hydrogens is 176 g/mol. The topological polar surface area (TPSA) is 38.0 Å². The first-order chi connectivity index (χ1) is 6.63. The second-order valence-corrected chi connectivity index (χ2v) is 3.93. The first-order valence-electron chi connectivity index (χ1n) is 5.35. The molecule has 1 heterocycles. The summed E-state index contributed by atoms with van der Waals surface area (Å²) in [5, 5.41) is 13.6. The Balaban J connectivity index is 2.50. The SMILES string of the molecule is CCC(C)n1ccc(CCC(C)O)n1. The minimum absolute atomic E-state index is 0.233. The number of aliphatic hydroxyl groups is 1. The van der Waals surface area contributed by atoms with Gasteiger partial charge in [-0.15, -0.1) is 0 Å². The van der Waals surface area contributed by atoms with Crippen LogP contribution in [0.1, 0.15) is 45.3 Å². The van der Waals surface area contributed by atoms with Crippen molar-refractivity contribution in [2.75, 3.05) is 0 Å². The van der Waals surface area contributed by atoms with Gasteiger partial charge in [-0.25, -0.2) is 0 Å². The first kappa shape index (κ1) is 11.2. The van der Waals surface area contributed by atoms with Gasteiger partial charge in [-0.3, -0.25) is 4.68 Å². The molecule has 2 atom stereocenters. The zero-order valence-electron chi connectivity index (χ0n) is 9.27. The molecule has 0 bridgehead atoms. The van der Waals surface area contributed by atoms with Crippen LogP contribution in [0.4, 0.5) is 0 Å². The molecule has 1 rings (SSSR count). The maximum absolute atomic E-state index is 9.14. The van der Waals surface area contributed by atoms with Gasteiger partial charge in [0, 0.05) is 12.2 Å². The van der Waals surface area contributed by atoms with Crippen LogP contribution in [0.5, 0.6) is 0 Å². The molecule has 3 nitrogen and oxygen atoms in total. The zero-order chi connectivity index (χ0) is 10.6. The fraction of sp³-hybridized carbons (Fsp3) is 0.727. The molecule has 3 heteroatoms. The molecule has 80 valence electrons. The molecule has 0 amide bonds. The van der Waals surface area contributed by atoms with Gasteiger partial charge in [0.05, 0.1) is 11.8 Å². The van der Waals surface area contributed by atoms with E-state index in [-0.39, 0.29) is 6.10 Å². The predicted molar refractivity (Wildman–Crippen MR) is 57.2 cm³/mol. The van der Waals surface area contributed by atoms with E-state index in [1.165, 1.54) is 0 Å². The lowest BCUT2D eigenvalue weighted by Gasteiger charge is -2.08. The van der Waals surface area contributed by atoms with Gasteiger partial charge >= 0.3 is 0 Å². The first-order valence-corrected chi connectivity index (χ1v) is 5.35. The summed E-state index contributed by atoms with van der Waals surface area (Å²) >= 11 is 0. The van der Waals surface area contributed by atoms with Crippen molar-refractivity contribution in [1.29, 1.82) is 0 Å². The van der Waals surface area contributed by atoms with Crippen molar-refractivity contribution in [2.45, 2.75) is 52.2 Å². The molecule has 0 fully saturated rings. The molecule has 0 spiro atoms. The standard InChI is InChI=1S/C11H20N2O/c1-4-9(2)13-8-7-11(12-13)6-5-10(3)14/h7-10,14H,4-6H2,1-3H3. The Labute approximate surface area is 85.8 Å². The van der Waals surface area contributed by atoms with Gasteiger partial charge in [0.15, 0.2) is 0 Å². The molecule has 1 aromatic rings. The summed E-state index contributed by atoms with van der Waals surface area (Å²) in [4.78, 5) is 0. The van der Waals surface area contributed by atoms with Gasteiger partial charge in [0.25, 0.3) is 0 Å². The molecular formula is C11H20N2O. The van der Waals surface area contributed by atoms with Crippen LogP contribution < -0.4 is 0 Å². The van der Waals surface area contributed by atoms with Crippen molar-refractivity contribution in [2.24, 2.45) is 0 Å². The van der Waals surface area contributed by atoms with Crippen molar-refractivity contribution >= 4 is 0 Å². The third-order valence-corrected chi connectivity index (χ3v) is 2.52. The number of hydrogen-bond acceptors (Lipinski definition) is 2. The molecule has 2 unspecified atom stereocenters. The van der Waals surface area contributed by atoms with E-state index in [9.17, 15) is 0 Å². The van der Waals surface area contributed by atoms with Crippen LogP contribution in [0.25, 0.3) is 0 Å². The van der Waals surface area contributed by atoms with E-state index in [0.29, 0.717) is 6.04 Å². The fourth-order valence-corrected chi connectivity index (χ4v) is 1.30. The average Bonchev–Trinajstić information content (AvgIpc) is 2.62. The van der Waals surface area contributed by atoms with Crippen LogP contribution in [-0.2, 0) is 6.42 Å². The van der Waals surface area contributed by atoms with E-state index in [4.69, 9.17) is 5.11 Å². The van der Waals surface area contributed by atoms with Gasteiger partial charge in [-0.05, 0) is 39.2 Å². The third-order valence-electron chi connectivity index (χ3n) is 2.52. The minimum atomic E-state index is -0.233. The van der Waals surface area contributed by atoms with Crippen LogP contribution in [0.2, 0.25) is 0 Å².